The number of hydrogen-bond donors (Lipinski definition) is 0. The average molecular weight is 435 g/mol. The maximum atomic E-state index is 13.8. The van der Waals surface area contributed by atoms with E-state index < -0.39 is 22.4 Å². The summed E-state index contributed by atoms with van der Waals surface area (Å²) >= 11 is 9.01. The Labute approximate surface area is 160 Å². The topological polar surface area (TPSA) is 46.6 Å². The number of nitrogens with zero attached hydrogens (tertiary/aromatic N) is 1. The zero-order valence-corrected chi connectivity index (χ0v) is 16.9. The number of halogens is 3. The number of likely N-dealkylation sites (tertiary alicyclic amines) is 1. The predicted octanol–water partition coefficient (Wildman–Crippen LogP) is 4.91. The fraction of sp³-hybridized carbons (Fsp3) is 0.556. The molecule has 1 saturated heterocycles. The first-order valence-corrected chi connectivity index (χ1v) is 9.31. The minimum absolute atomic E-state index is 0.349. The van der Waals surface area contributed by atoms with E-state index in [9.17, 15) is 14.0 Å². The lowest BCUT2D eigenvalue weighted by Gasteiger charge is -2.39. The largest absolute Gasteiger partial charge is 0.444 e. The summed E-state index contributed by atoms with van der Waals surface area (Å²) in [6.45, 7) is 6.19. The fourth-order valence-electron chi connectivity index (χ4n) is 2.93. The van der Waals surface area contributed by atoms with Crippen molar-refractivity contribution < 1.29 is 18.7 Å². The van der Waals surface area contributed by atoms with Gasteiger partial charge in [0.1, 0.15) is 11.4 Å². The van der Waals surface area contributed by atoms with Crippen LogP contribution in [0.4, 0.5) is 9.18 Å². The van der Waals surface area contributed by atoms with Gasteiger partial charge in [-0.3, -0.25) is 4.79 Å². The Kier molecular flexibility index (Phi) is 6.15. The Balaban J connectivity index is 2.09. The molecule has 1 heterocycles. The summed E-state index contributed by atoms with van der Waals surface area (Å²) in [5.41, 5.74) is -0.649. The maximum Gasteiger partial charge on any atom is 0.410 e. The highest BCUT2D eigenvalue weighted by molar-refractivity contribution is 9.10. The summed E-state index contributed by atoms with van der Waals surface area (Å²) in [7, 11) is 0. The van der Waals surface area contributed by atoms with Crippen LogP contribution in [-0.4, -0.2) is 34.9 Å². The van der Waals surface area contributed by atoms with Crippen LogP contribution in [0.3, 0.4) is 0 Å². The van der Waals surface area contributed by atoms with Gasteiger partial charge >= 0.3 is 6.09 Å². The minimum atomic E-state index is -0.791. The number of carbonyl (C=O) groups excluding carboxylic acids is 2. The highest BCUT2D eigenvalue weighted by Gasteiger charge is 2.42. The molecule has 1 aliphatic heterocycles. The van der Waals surface area contributed by atoms with Gasteiger partial charge in [-0.15, -0.1) is 0 Å². The van der Waals surface area contributed by atoms with Crippen LogP contribution >= 0.6 is 27.5 Å². The molecule has 0 spiro atoms. The zero-order valence-electron chi connectivity index (χ0n) is 14.6. The number of amides is 1. The molecule has 0 unspecified atom stereocenters. The number of ether oxygens (including phenoxy) is 1. The zero-order chi connectivity index (χ0) is 18.8. The van der Waals surface area contributed by atoms with Gasteiger partial charge in [-0.1, -0.05) is 6.07 Å². The van der Waals surface area contributed by atoms with Crippen LogP contribution in [0, 0.1) is 11.2 Å². The van der Waals surface area contributed by atoms with E-state index in [2.05, 4.69) is 15.9 Å². The molecule has 138 valence electrons. The lowest BCUT2D eigenvalue weighted by Crippen LogP contribution is -2.47. The highest BCUT2D eigenvalue weighted by Crippen LogP contribution is 2.38. The molecule has 4 nitrogen and oxygen atoms in total. The van der Waals surface area contributed by atoms with Gasteiger partial charge in [0.25, 0.3) is 0 Å². The molecular weight excluding hydrogens is 413 g/mol. The Morgan fingerprint density at radius 2 is 1.92 bits per heavy atom. The lowest BCUT2D eigenvalue weighted by atomic mass is 9.75. The molecule has 0 saturated carbocycles. The molecule has 1 fully saturated rings. The molecule has 1 aliphatic rings. The van der Waals surface area contributed by atoms with Crippen molar-refractivity contribution in [3.05, 3.63) is 34.1 Å². The van der Waals surface area contributed by atoms with Crippen molar-refractivity contribution in [2.24, 2.45) is 5.41 Å². The van der Waals surface area contributed by atoms with Crippen molar-refractivity contribution in [3.63, 3.8) is 0 Å². The monoisotopic (exact) mass is 433 g/mol. The number of piperidine rings is 1. The Hall–Kier alpha value is -1.14. The average Bonchev–Trinajstić information content (AvgIpc) is 2.50. The standard InChI is InChI=1S/C18H22BrClFNO3/c1-17(2,3)25-16(24)22-8-6-18(7-9-22,15(20)23)11-12-4-5-13(19)14(21)10-12/h4-5,10H,6-9,11H2,1-3H3. The molecular formula is C18H22BrClFNO3. The quantitative estimate of drug-likeness (QED) is 0.635. The predicted molar refractivity (Wildman–Crippen MR) is 98.1 cm³/mol. The third kappa shape index (κ3) is 5.17. The number of hydrogen-bond acceptors (Lipinski definition) is 3. The van der Waals surface area contributed by atoms with Gasteiger partial charge in [-0.2, -0.15) is 0 Å². The first-order valence-electron chi connectivity index (χ1n) is 8.14. The fourth-order valence-corrected chi connectivity index (χ4v) is 3.43. The van der Waals surface area contributed by atoms with Crippen molar-refractivity contribution in [1.29, 1.82) is 0 Å². The van der Waals surface area contributed by atoms with Gasteiger partial charge in [0.05, 0.1) is 9.89 Å². The third-order valence-electron chi connectivity index (χ3n) is 4.32. The van der Waals surface area contributed by atoms with Crippen LogP contribution in [0.2, 0.25) is 0 Å². The Bertz CT molecular complexity index is 667. The second-order valence-electron chi connectivity index (χ2n) is 7.45. The van der Waals surface area contributed by atoms with Gasteiger partial charge in [0, 0.05) is 13.1 Å². The smallest absolute Gasteiger partial charge is 0.410 e. The summed E-state index contributed by atoms with van der Waals surface area (Å²) < 4.78 is 19.5. The van der Waals surface area contributed by atoms with E-state index in [-0.39, 0.29) is 5.82 Å². The second-order valence-corrected chi connectivity index (χ2v) is 8.64. The molecule has 0 aliphatic carbocycles. The summed E-state index contributed by atoms with van der Waals surface area (Å²) in [6, 6.07) is 4.80. The van der Waals surface area contributed by atoms with E-state index in [1.165, 1.54) is 6.07 Å². The van der Waals surface area contributed by atoms with Gasteiger partial charge in [0.15, 0.2) is 0 Å². The van der Waals surface area contributed by atoms with E-state index in [0.717, 1.165) is 0 Å². The molecule has 0 atom stereocenters. The maximum absolute atomic E-state index is 13.8. The van der Waals surface area contributed by atoms with Crippen LogP contribution in [0.25, 0.3) is 0 Å². The van der Waals surface area contributed by atoms with E-state index >= 15 is 0 Å². The Morgan fingerprint density at radius 1 is 1.32 bits per heavy atom. The molecule has 1 aromatic rings. The number of carbonyl (C=O) groups is 2. The van der Waals surface area contributed by atoms with E-state index in [1.807, 2.05) is 20.8 Å². The van der Waals surface area contributed by atoms with Crippen LogP contribution in [0.1, 0.15) is 39.2 Å². The van der Waals surface area contributed by atoms with Gasteiger partial charge in [-0.05, 0) is 85.3 Å². The minimum Gasteiger partial charge on any atom is -0.444 e. The number of rotatable bonds is 3. The van der Waals surface area contributed by atoms with Crippen molar-refractivity contribution in [1.82, 2.24) is 4.90 Å². The Morgan fingerprint density at radius 3 is 2.40 bits per heavy atom. The van der Waals surface area contributed by atoms with Gasteiger partial charge in [0.2, 0.25) is 5.24 Å². The summed E-state index contributed by atoms with van der Waals surface area (Å²) in [5.74, 6) is -0.374. The lowest BCUT2D eigenvalue weighted by molar-refractivity contribution is -0.123. The molecule has 7 heteroatoms. The first kappa shape index (κ1) is 20.2. The normalized spacial score (nSPS) is 17.3. The molecule has 0 aromatic heterocycles. The van der Waals surface area contributed by atoms with Crippen LogP contribution in [-0.2, 0) is 16.0 Å². The van der Waals surface area contributed by atoms with Crippen molar-refractivity contribution in [2.45, 2.75) is 45.6 Å². The summed E-state index contributed by atoms with van der Waals surface area (Å²) in [5, 5.41) is -0.445. The second kappa shape index (κ2) is 7.62. The van der Waals surface area contributed by atoms with Gasteiger partial charge in [-0.25, -0.2) is 9.18 Å². The van der Waals surface area contributed by atoms with E-state index in [4.69, 9.17) is 16.3 Å². The summed E-state index contributed by atoms with van der Waals surface area (Å²) in [6.07, 6.45) is 0.804. The van der Waals surface area contributed by atoms with E-state index in [0.29, 0.717) is 42.4 Å². The van der Waals surface area contributed by atoms with E-state index in [1.54, 1.807) is 17.0 Å². The molecule has 0 bridgehead atoms. The number of benzene rings is 1. The molecule has 0 N–H and O–H groups in total. The summed E-state index contributed by atoms with van der Waals surface area (Å²) in [4.78, 5) is 25.9. The molecule has 2 rings (SSSR count). The van der Waals surface area contributed by atoms with Crippen molar-refractivity contribution in [3.8, 4) is 0 Å². The highest BCUT2D eigenvalue weighted by atomic mass is 79.9. The molecule has 1 amide bonds. The van der Waals surface area contributed by atoms with Crippen LogP contribution in [0.5, 0.6) is 0 Å². The van der Waals surface area contributed by atoms with Crippen molar-refractivity contribution >= 4 is 38.9 Å². The SMILES string of the molecule is CC(C)(C)OC(=O)N1CCC(Cc2ccc(Br)c(F)c2)(C(=O)Cl)CC1. The van der Waals surface area contributed by atoms with Crippen molar-refractivity contribution in [2.75, 3.05) is 13.1 Å². The van der Waals surface area contributed by atoms with Gasteiger partial charge < -0.3 is 9.64 Å². The molecule has 1 aromatic carbocycles. The van der Waals surface area contributed by atoms with Crippen LogP contribution in [0.15, 0.2) is 22.7 Å². The molecule has 0 radical (unpaired) electrons. The third-order valence-corrected chi connectivity index (χ3v) is 5.36. The molecule has 25 heavy (non-hydrogen) atoms. The first-order chi connectivity index (χ1) is 11.5. The van der Waals surface area contributed by atoms with Crippen LogP contribution < -0.4 is 0 Å².